The third-order valence-electron chi connectivity index (χ3n) is 2.48. The number of carbonyl (C=O) groups excluding carboxylic acids is 1. The topological polar surface area (TPSA) is 34.9 Å². The minimum Gasteiger partial charge on any atom is -0.319 e. The van der Waals surface area contributed by atoms with Gasteiger partial charge < -0.3 is 4.57 Å². The molecule has 0 aliphatic rings. The number of imidazole rings is 1. The number of hydrogen-bond acceptors (Lipinski definition) is 2. The molecule has 4 heteroatoms. The number of fused-ring (bicyclic) bond motifs is 1. The van der Waals surface area contributed by atoms with Crippen molar-refractivity contribution in [1.29, 1.82) is 0 Å². The summed E-state index contributed by atoms with van der Waals surface area (Å²) in [5, 5.41) is 0.657. The Morgan fingerprint density at radius 3 is 2.69 bits per heavy atom. The number of halogens is 1. The Labute approximate surface area is 99.0 Å². The van der Waals surface area contributed by atoms with Gasteiger partial charge in [0.05, 0.1) is 11.0 Å². The van der Waals surface area contributed by atoms with E-state index >= 15 is 0 Å². The molecule has 3 nitrogen and oxygen atoms in total. The van der Waals surface area contributed by atoms with Crippen molar-refractivity contribution in [1.82, 2.24) is 9.55 Å². The normalized spacial score (nSPS) is 11.3. The number of carbonyl (C=O) groups is 1. The fourth-order valence-corrected chi connectivity index (χ4v) is 2.00. The molecule has 1 aromatic carbocycles. The molecular weight excluding hydrogens is 224 g/mol. The van der Waals surface area contributed by atoms with Crippen LogP contribution >= 0.6 is 11.6 Å². The largest absolute Gasteiger partial charge is 0.319 e. The summed E-state index contributed by atoms with van der Waals surface area (Å²) in [6, 6.07) is 5.65. The molecule has 0 aliphatic heterocycles. The van der Waals surface area contributed by atoms with Gasteiger partial charge in [-0.3, -0.25) is 4.79 Å². The maximum atomic E-state index is 11.5. The van der Waals surface area contributed by atoms with Crippen molar-refractivity contribution in [2.75, 3.05) is 0 Å². The predicted octanol–water partition coefficient (Wildman–Crippen LogP) is 3.47. The van der Waals surface area contributed by atoms with Crippen LogP contribution in [0.25, 0.3) is 11.0 Å². The molecule has 1 aromatic heterocycles. The standard InChI is InChI=1S/C12H13ClN2O/c1-7(2)15-11-6-9(13)4-5-10(11)14-12(15)8(3)16/h4-7H,1-3H3. The SMILES string of the molecule is CC(=O)c1nc2ccc(Cl)cc2n1C(C)C. The van der Waals surface area contributed by atoms with Crippen molar-refractivity contribution in [2.24, 2.45) is 0 Å². The second kappa shape index (κ2) is 3.91. The zero-order valence-electron chi connectivity index (χ0n) is 9.49. The summed E-state index contributed by atoms with van der Waals surface area (Å²) < 4.78 is 1.92. The van der Waals surface area contributed by atoms with Gasteiger partial charge in [-0.15, -0.1) is 0 Å². The lowest BCUT2D eigenvalue weighted by molar-refractivity contribution is 0.0998. The molecule has 0 bridgehead atoms. The van der Waals surface area contributed by atoms with E-state index < -0.39 is 0 Å². The maximum absolute atomic E-state index is 11.5. The van der Waals surface area contributed by atoms with E-state index in [0.717, 1.165) is 11.0 Å². The summed E-state index contributed by atoms with van der Waals surface area (Å²) in [7, 11) is 0. The second-order valence-corrected chi connectivity index (χ2v) is 4.52. The average Bonchev–Trinajstić information content (AvgIpc) is 2.55. The van der Waals surface area contributed by atoms with Crippen LogP contribution in [0, 0.1) is 0 Å². The molecule has 0 N–H and O–H groups in total. The number of ketones is 1. The first kappa shape index (κ1) is 11.1. The van der Waals surface area contributed by atoms with Crippen molar-refractivity contribution in [3.63, 3.8) is 0 Å². The summed E-state index contributed by atoms with van der Waals surface area (Å²) in [6.07, 6.45) is 0. The van der Waals surface area contributed by atoms with Crippen LogP contribution < -0.4 is 0 Å². The van der Waals surface area contributed by atoms with Gasteiger partial charge in [0.25, 0.3) is 0 Å². The van der Waals surface area contributed by atoms with Gasteiger partial charge in [-0.2, -0.15) is 0 Å². The van der Waals surface area contributed by atoms with Gasteiger partial charge in [0, 0.05) is 18.0 Å². The van der Waals surface area contributed by atoms with E-state index in [-0.39, 0.29) is 11.8 Å². The van der Waals surface area contributed by atoms with E-state index in [1.54, 1.807) is 6.07 Å². The van der Waals surface area contributed by atoms with Crippen molar-refractivity contribution in [3.05, 3.63) is 29.0 Å². The van der Waals surface area contributed by atoms with E-state index in [2.05, 4.69) is 4.98 Å². The Balaban J connectivity index is 2.82. The van der Waals surface area contributed by atoms with Crippen LogP contribution in [-0.2, 0) is 0 Å². The van der Waals surface area contributed by atoms with Crippen LogP contribution in [0.3, 0.4) is 0 Å². The Morgan fingerprint density at radius 2 is 2.12 bits per heavy atom. The number of aromatic nitrogens is 2. The second-order valence-electron chi connectivity index (χ2n) is 4.09. The van der Waals surface area contributed by atoms with Gasteiger partial charge in [0.15, 0.2) is 11.6 Å². The van der Waals surface area contributed by atoms with Crippen molar-refractivity contribution in [2.45, 2.75) is 26.8 Å². The molecule has 0 atom stereocenters. The van der Waals surface area contributed by atoms with Crippen LogP contribution in [0.15, 0.2) is 18.2 Å². The lowest BCUT2D eigenvalue weighted by Gasteiger charge is -2.11. The monoisotopic (exact) mass is 236 g/mol. The summed E-state index contributed by atoms with van der Waals surface area (Å²) >= 11 is 5.96. The molecule has 0 saturated heterocycles. The fourth-order valence-electron chi connectivity index (χ4n) is 1.84. The molecule has 16 heavy (non-hydrogen) atoms. The average molecular weight is 237 g/mol. The molecule has 0 unspecified atom stereocenters. The zero-order chi connectivity index (χ0) is 11.9. The molecule has 0 saturated carbocycles. The van der Waals surface area contributed by atoms with Gasteiger partial charge in [-0.25, -0.2) is 4.98 Å². The molecule has 0 fully saturated rings. The number of rotatable bonds is 2. The van der Waals surface area contributed by atoms with E-state index in [9.17, 15) is 4.79 Å². The highest BCUT2D eigenvalue weighted by molar-refractivity contribution is 6.31. The van der Waals surface area contributed by atoms with Crippen molar-refractivity contribution in [3.8, 4) is 0 Å². The molecule has 84 valence electrons. The maximum Gasteiger partial charge on any atom is 0.195 e. The summed E-state index contributed by atoms with van der Waals surface area (Å²) in [5.74, 6) is 0.466. The zero-order valence-corrected chi connectivity index (χ0v) is 10.2. The van der Waals surface area contributed by atoms with Gasteiger partial charge in [0.2, 0.25) is 0 Å². The van der Waals surface area contributed by atoms with Crippen molar-refractivity contribution >= 4 is 28.4 Å². The minimum atomic E-state index is -0.0268. The summed E-state index contributed by atoms with van der Waals surface area (Å²) in [4.78, 5) is 15.8. The molecule has 0 spiro atoms. The van der Waals surface area contributed by atoms with Crippen LogP contribution in [0.5, 0.6) is 0 Å². The third kappa shape index (κ3) is 1.71. The molecule has 0 aliphatic carbocycles. The van der Waals surface area contributed by atoms with Gasteiger partial charge in [-0.05, 0) is 32.0 Å². The smallest absolute Gasteiger partial charge is 0.195 e. The number of benzene rings is 1. The van der Waals surface area contributed by atoms with Crippen LogP contribution in [0.2, 0.25) is 5.02 Å². The van der Waals surface area contributed by atoms with E-state index in [0.29, 0.717) is 10.8 Å². The molecule has 1 heterocycles. The van der Waals surface area contributed by atoms with Gasteiger partial charge >= 0.3 is 0 Å². The quantitative estimate of drug-likeness (QED) is 0.749. The lowest BCUT2D eigenvalue weighted by Crippen LogP contribution is -2.09. The molecule has 2 rings (SSSR count). The number of hydrogen-bond donors (Lipinski definition) is 0. The molecule has 0 amide bonds. The van der Waals surface area contributed by atoms with E-state index in [1.165, 1.54) is 6.92 Å². The fraction of sp³-hybridized carbons (Fsp3) is 0.333. The Kier molecular flexibility index (Phi) is 2.72. The highest BCUT2D eigenvalue weighted by Crippen LogP contribution is 2.24. The van der Waals surface area contributed by atoms with Crippen LogP contribution in [0.1, 0.15) is 37.4 Å². The van der Waals surface area contributed by atoms with E-state index in [1.807, 2.05) is 30.5 Å². The molecule has 2 aromatic rings. The lowest BCUT2D eigenvalue weighted by atomic mass is 10.3. The first-order valence-corrected chi connectivity index (χ1v) is 5.57. The number of Topliss-reactive ketones (excluding diaryl/α,β-unsaturated/α-hetero) is 1. The molecular formula is C12H13ClN2O. The Morgan fingerprint density at radius 1 is 1.44 bits per heavy atom. The summed E-state index contributed by atoms with van der Waals surface area (Å²) in [6.45, 7) is 5.57. The first-order chi connectivity index (χ1) is 7.50. The van der Waals surface area contributed by atoms with E-state index in [4.69, 9.17) is 11.6 Å². The minimum absolute atomic E-state index is 0.0268. The third-order valence-corrected chi connectivity index (χ3v) is 2.72. The predicted molar refractivity (Wildman–Crippen MR) is 65.1 cm³/mol. The van der Waals surface area contributed by atoms with Crippen LogP contribution in [-0.4, -0.2) is 15.3 Å². The highest BCUT2D eigenvalue weighted by atomic mass is 35.5. The van der Waals surface area contributed by atoms with Crippen molar-refractivity contribution < 1.29 is 4.79 Å². The molecule has 0 radical (unpaired) electrons. The van der Waals surface area contributed by atoms with Gasteiger partial charge in [-0.1, -0.05) is 11.6 Å². The first-order valence-electron chi connectivity index (χ1n) is 5.19. The van der Waals surface area contributed by atoms with Crippen LogP contribution in [0.4, 0.5) is 0 Å². The number of nitrogens with zero attached hydrogens (tertiary/aromatic N) is 2. The summed E-state index contributed by atoms with van der Waals surface area (Å²) in [5.41, 5.74) is 1.72. The Bertz CT molecular complexity index is 557. The van der Waals surface area contributed by atoms with Gasteiger partial charge in [0.1, 0.15) is 0 Å². The highest BCUT2D eigenvalue weighted by Gasteiger charge is 2.16. The Hall–Kier alpha value is -1.35.